The molecule has 60 valence electrons. The number of nitrogens with two attached hydrogens (primary N) is 1. The Balaban J connectivity index is 2.53. The van der Waals surface area contributed by atoms with E-state index < -0.39 is 15.6 Å². The van der Waals surface area contributed by atoms with Gasteiger partial charge in [0, 0.05) is 0 Å². The van der Waals surface area contributed by atoms with Crippen LogP contribution in [0.4, 0.5) is 0 Å². The third-order valence-electron chi connectivity index (χ3n) is 1.75. The van der Waals surface area contributed by atoms with Crippen molar-refractivity contribution in [1.29, 1.82) is 0 Å². The molecule has 3 N–H and O–H groups in total. The number of hydrogen-bond donors (Lipinski definition) is 2. The van der Waals surface area contributed by atoms with E-state index in [1.54, 1.807) is 0 Å². The first-order valence-electron chi connectivity index (χ1n) is 3.14. The van der Waals surface area contributed by atoms with Crippen molar-refractivity contribution >= 4 is 10.0 Å². The molecule has 0 aliphatic heterocycles. The summed E-state index contributed by atoms with van der Waals surface area (Å²) in [5.41, 5.74) is -1.01. The molecule has 1 saturated carbocycles. The molecule has 0 aromatic rings. The molecule has 0 bridgehead atoms. The van der Waals surface area contributed by atoms with Gasteiger partial charge in [0.25, 0.3) is 0 Å². The number of sulfonamides is 1. The van der Waals surface area contributed by atoms with E-state index in [-0.39, 0.29) is 5.75 Å². The highest BCUT2D eigenvalue weighted by atomic mass is 32.2. The van der Waals surface area contributed by atoms with Gasteiger partial charge < -0.3 is 5.11 Å². The Morgan fingerprint density at radius 2 is 2.00 bits per heavy atom. The summed E-state index contributed by atoms with van der Waals surface area (Å²) in [6.07, 6.45) is 2.01. The molecular formula is C5H11NO3S. The monoisotopic (exact) mass is 165 g/mol. The second kappa shape index (κ2) is 2.18. The lowest BCUT2D eigenvalue weighted by molar-refractivity contribution is -0.0113. The van der Waals surface area contributed by atoms with Crippen LogP contribution in [0.3, 0.4) is 0 Å². The average Bonchev–Trinajstić information content (AvgIpc) is 1.57. The maximum absolute atomic E-state index is 10.5. The molecule has 0 spiro atoms. The van der Waals surface area contributed by atoms with Gasteiger partial charge >= 0.3 is 0 Å². The maximum atomic E-state index is 10.5. The van der Waals surface area contributed by atoms with Gasteiger partial charge in [-0.25, -0.2) is 13.6 Å². The third kappa shape index (κ3) is 1.93. The zero-order valence-corrected chi connectivity index (χ0v) is 6.39. The summed E-state index contributed by atoms with van der Waals surface area (Å²) in [5, 5.41) is 14.0. The van der Waals surface area contributed by atoms with Crippen LogP contribution in [0.25, 0.3) is 0 Å². The van der Waals surface area contributed by atoms with Gasteiger partial charge in [0.1, 0.15) is 0 Å². The molecule has 0 aromatic heterocycles. The van der Waals surface area contributed by atoms with Crippen LogP contribution in [0, 0.1) is 0 Å². The Labute approximate surface area is 60.1 Å². The van der Waals surface area contributed by atoms with E-state index in [1.165, 1.54) is 0 Å². The normalized spacial score (nSPS) is 23.8. The number of hydrogen-bond acceptors (Lipinski definition) is 3. The van der Waals surface area contributed by atoms with Crippen LogP contribution in [0.15, 0.2) is 0 Å². The summed E-state index contributed by atoms with van der Waals surface area (Å²) in [5.74, 6) is -0.292. The van der Waals surface area contributed by atoms with Gasteiger partial charge in [-0.1, -0.05) is 0 Å². The van der Waals surface area contributed by atoms with E-state index in [9.17, 15) is 13.5 Å². The first-order chi connectivity index (χ1) is 4.41. The molecule has 0 amide bonds. The fourth-order valence-electron chi connectivity index (χ4n) is 1.10. The minimum atomic E-state index is -3.49. The Bertz CT molecular complexity index is 217. The Morgan fingerprint density at radius 3 is 2.10 bits per heavy atom. The summed E-state index contributed by atoms with van der Waals surface area (Å²) >= 11 is 0. The lowest BCUT2D eigenvalue weighted by Crippen LogP contribution is -2.45. The summed E-state index contributed by atoms with van der Waals surface area (Å²) in [6, 6.07) is 0. The maximum Gasteiger partial charge on any atom is 0.211 e. The highest BCUT2D eigenvalue weighted by Gasteiger charge is 2.37. The lowest BCUT2D eigenvalue weighted by Gasteiger charge is -2.35. The predicted molar refractivity (Wildman–Crippen MR) is 36.8 cm³/mol. The molecule has 1 fully saturated rings. The van der Waals surface area contributed by atoms with Crippen molar-refractivity contribution in [1.82, 2.24) is 0 Å². The smallest absolute Gasteiger partial charge is 0.211 e. The molecule has 0 aromatic carbocycles. The minimum Gasteiger partial charge on any atom is -0.389 e. The standard InChI is InChI=1S/C5H11NO3S/c6-10(8,9)4-5(7)2-1-3-5/h7H,1-4H2,(H2,6,8,9). The van der Waals surface area contributed by atoms with Gasteiger partial charge in [-0.05, 0) is 19.3 Å². The summed E-state index contributed by atoms with van der Waals surface area (Å²) in [6.45, 7) is 0. The van der Waals surface area contributed by atoms with Crippen molar-refractivity contribution in [3.8, 4) is 0 Å². The topological polar surface area (TPSA) is 80.4 Å². The third-order valence-corrected chi connectivity index (χ3v) is 2.69. The summed E-state index contributed by atoms with van der Waals surface area (Å²) in [7, 11) is -3.49. The van der Waals surface area contributed by atoms with Gasteiger partial charge in [-0.2, -0.15) is 0 Å². The first kappa shape index (κ1) is 7.97. The van der Waals surface area contributed by atoms with E-state index >= 15 is 0 Å². The van der Waals surface area contributed by atoms with Gasteiger partial charge in [-0.3, -0.25) is 0 Å². The minimum absolute atomic E-state index is 0.292. The SMILES string of the molecule is NS(=O)(=O)CC1(O)CCC1. The highest BCUT2D eigenvalue weighted by Crippen LogP contribution is 2.32. The molecule has 1 aliphatic carbocycles. The van der Waals surface area contributed by atoms with E-state index in [1.807, 2.05) is 0 Å². The molecule has 1 aliphatic rings. The summed E-state index contributed by atoms with van der Waals surface area (Å²) in [4.78, 5) is 0. The van der Waals surface area contributed by atoms with Crippen LogP contribution in [0.1, 0.15) is 19.3 Å². The molecule has 5 heteroatoms. The number of primary sulfonamides is 1. The zero-order chi connectivity index (χ0) is 7.83. The van der Waals surface area contributed by atoms with Crippen molar-refractivity contribution in [2.24, 2.45) is 5.14 Å². The van der Waals surface area contributed by atoms with Gasteiger partial charge in [0.15, 0.2) is 0 Å². The van der Waals surface area contributed by atoms with E-state index in [0.717, 1.165) is 6.42 Å². The number of rotatable bonds is 2. The fraction of sp³-hybridized carbons (Fsp3) is 1.00. The van der Waals surface area contributed by atoms with E-state index in [4.69, 9.17) is 5.14 Å². The van der Waals surface area contributed by atoms with Crippen molar-refractivity contribution < 1.29 is 13.5 Å². The summed E-state index contributed by atoms with van der Waals surface area (Å²) < 4.78 is 20.9. The second-order valence-corrected chi connectivity index (χ2v) is 4.50. The van der Waals surface area contributed by atoms with Crippen LogP contribution in [0.5, 0.6) is 0 Å². The molecule has 4 nitrogen and oxygen atoms in total. The highest BCUT2D eigenvalue weighted by molar-refractivity contribution is 7.89. The molecule has 1 rings (SSSR count). The molecule has 10 heavy (non-hydrogen) atoms. The lowest BCUT2D eigenvalue weighted by atomic mass is 9.82. The van der Waals surface area contributed by atoms with Crippen molar-refractivity contribution in [3.63, 3.8) is 0 Å². The van der Waals surface area contributed by atoms with Crippen LogP contribution in [0.2, 0.25) is 0 Å². The quantitative estimate of drug-likeness (QED) is 0.561. The Morgan fingerprint density at radius 1 is 1.50 bits per heavy atom. The van der Waals surface area contributed by atoms with Crippen LogP contribution < -0.4 is 5.14 Å². The molecule has 0 unspecified atom stereocenters. The van der Waals surface area contributed by atoms with Crippen molar-refractivity contribution in [2.45, 2.75) is 24.9 Å². The van der Waals surface area contributed by atoms with Gasteiger partial charge in [0.2, 0.25) is 10.0 Å². The average molecular weight is 165 g/mol. The van der Waals surface area contributed by atoms with Gasteiger partial charge in [-0.15, -0.1) is 0 Å². The second-order valence-electron chi connectivity index (χ2n) is 2.89. The van der Waals surface area contributed by atoms with Gasteiger partial charge in [0.05, 0.1) is 11.4 Å². The molecule has 0 heterocycles. The van der Waals surface area contributed by atoms with E-state index in [2.05, 4.69) is 0 Å². The van der Waals surface area contributed by atoms with Crippen LogP contribution >= 0.6 is 0 Å². The van der Waals surface area contributed by atoms with Crippen LogP contribution in [-0.4, -0.2) is 24.9 Å². The largest absolute Gasteiger partial charge is 0.389 e. The predicted octanol–water partition coefficient (Wildman–Crippen LogP) is -0.810. The fourth-order valence-corrected chi connectivity index (χ4v) is 2.14. The zero-order valence-electron chi connectivity index (χ0n) is 5.58. The Hall–Kier alpha value is -0.130. The van der Waals surface area contributed by atoms with Crippen molar-refractivity contribution in [2.75, 3.05) is 5.75 Å². The molecular weight excluding hydrogens is 154 g/mol. The molecule has 0 radical (unpaired) electrons. The van der Waals surface area contributed by atoms with Crippen LogP contribution in [-0.2, 0) is 10.0 Å². The van der Waals surface area contributed by atoms with E-state index in [0.29, 0.717) is 12.8 Å². The molecule has 0 atom stereocenters. The first-order valence-corrected chi connectivity index (χ1v) is 4.86. The number of aliphatic hydroxyl groups is 1. The molecule has 0 saturated heterocycles. The van der Waals surface area contributed by atoms with Crippen molar-refractivity contribution in [3.05, 3.63) is 0 Å². The Kier molecular flexibility index (Phi) is 1.74.